The summed E-state index contributed by atoms with van der Waals surface area (Å²) in [6, 6.07) is 4.57. The van der Waals surface area contributed by atoms with Crippen molar-refractivity contribution in [2.75, 3.05) is 26.8 Å². The summed E-state index contributed by atoms with van der Waals surface area (Å²) in [6.07, 6.45) is 1.11. The highest BCUT2D eigenvalue weighted by molar-refractivity contribution is 9.10. The highest BCUT2D eigenvalue weighted by atomic mass is 79.9. The van der Waals surface area contributed by atoms with Crippen LogP contribution in [0.5, 0.6) is 0 Å². The van der Waals surface area contributed by atoms with Gasteiger partial charge < -0.3 is 10.1 Å². The summed E-state index contributed by atoms with van der Waals surface area (Å²) in [5.41, 5.74) is 4.22. The van der Waals surface area contributed by atoms with E-state index in [1.165, 1.54) is 21.2 Å². The second-order valence-electron chi connectivity index (χ2n) is 4.41. The molecule has 2 rings (SSSR count). The van der Waals surface area contributed by atoms with Gasteiger partial charge in [-0.15, -0.1) is 0 Å². The van der Waals surface area contributed by atoms with Crippen LogP contribution in [0.1, 0.15) is 22.6 Å². The SMILES string of the molecule is COCC1CNCCc2cc(C)c(Br)cc21. The lowest BCUT2D eigenvalue weighted by atomic mass is 9.93. The van der Waals surface area contributed by atoms with Crippen LogP contribution in [0.25, 0.3) is 0 Å². The van der Waals surface area contributed by atoms with Gasteiger partial charge in [-0.05, 0) is 42.6 Å². The fourth-order valence-corrected chi connectivity index (χ4v) is 2.67. The Hall–Kier alpha value is -0.380. The Labute approximate surface area is 106 Å². The molecule has 0 saturated heterocycles. The van der Waals surface area contributed by atoms with E-state index in [-0.39, 0.29) is 0 Å². The summed E-state index contributed by atoms with van der Waals surface area (Å²) in [6.45, 7) is 5.01. The van der Waals surface area contributed by atoms with Crippen LogP contribution in [0.3, 0.4) is 0 Å². The molecule has 1 aliphatic heterocycles. The quantitative estimate of drug-likeness (QED) is 0.901. The van der Waals surface area contributed by atoms with Gasteiger partial charge in [0.2, 0.25) is 0 Å². The zero-order chi connectivity index (χ0) is 11.5. The number of ether oxygens (including phenoxy) is 1. The zero-order valence-electron chi connectivity index (χ0n) is 9.85. The molecule has 1 aromatic rings. The summed E-state index contributed by atoms with van der Waals surface area (Å²) in [7, 11) is 1.77. The number of rotatable bonds is 2. The van der Waals surface area contributed by atoms with E-state index < -0.39 is 0 Å². The van der Waals surface area contributed by atoms with Gasteiger partial charge in [-0.2, -0.15) is 0 Å². The second kappa shape index (κ2) is 5.30. The predicted octanol–water partition coefficient (Wildman–Crippen LogP) is 2.63. The number of benzene rings is 1. The normalized spacial score (nSPS) is 20.3. The van der Waals surface area contributed by atoms with Crippen LogP contribution < -0.4 is 5.32 Å². The molecule has 0 aliphatic carbocycles. The van der Waals surface area contributed by atoms with Crippen molar-refractivity contribution in [3.05, 3.63) is 33.3 Å². The Morgan fingerprint density at radius 2 is 2.31 bits per heavy atom. The van der Waals surface area contributed by atoms with Crippen molar-refractivity contribution in [3.63, 3.8) is 0 Å². The Morgan fingerprint density at radius 3 is 3.06 bits per heavy atom. The van der Waals surface area contributed by atoms with Crippen LogP contribution in [-0.4, -0.2) is 26.8 Å². The average Bonchev–Trinajstić information content (AvgIpc) is 2.44. The number of methoxy groups -OCH3 is 1. The third-order valence-electron chi connectivity index (χ3n) is 3.19. The monoisotopic (exact) mass is 283 g/mol. The van der Waals surface area contributed by atoms with Crippen molar-refractivity contribution in [3.8, 4) is 0 Å². The highest BCUT2D eigenvalue weighted by Crippen LogP contribution is 2.28. The molecule has 0 saturated carbocycles. The van der Waals surface area contributed by atoms with E-state index in [1.54, 1.807) is 7.11 Å². The number of nitrogens with one attached hydrogen (secondary N) is 1. The minimum absolute atomic E-state index is 0.472. The molecule has 88 valence electrons. The number of hydrogen-bond acceptors (Lipinski definition) is 2. The molecule has 1 heterocycles. The van der Waals surface area contributed by atoms with Gasteiger partial charge in [0.05, 0.1) is 6.61 Å². The number of fused-ring (bicyclic) bond motifs is 1. The lowest BCUT2D eigenvalue weighted by Crippen LogP contribution is -2.22. The molecule has 0 fully saturated rings. The van der Waals surface area contributed by atoms with Gasteiger partial charge in [0.1, 0.15) is 0 Å². The van der Waals surface area contributed by atoms with Crippen molar-refractivity contribution >= 4 is 15.9 Å². The summed E-state index contributed by atoms with van der Waals surface area (Å²) >= 11 is 3.62. The molecule has 0 amide bonds. The maximum atomic E-state index is 5.31. The van der Waals surface area contributed by atoms with Gasteiger partial charge in [0.25, 0.3) is 0 Å². The molecule has 3 heteroatoms. The van der Waals surface area contributed by atoms with Crippen LogP contribution in [0.2, 0.25) is 0 Å². The Kier molecular flexibility index (Phi) is 4.00. The molecule has 1 unspecified atom stereocenters. The van der Waals surface area contributed by atoms with Crippen LogP contribution in [0.15, 0.2) is 16.6 Å². The molecule has 2 nitrogen and oxygen atoms in total. The average molecular weight is 284 g/mol. The van der Waals surface area contributed by atoms with Crippen molar-refractivity contribution in [2.24, 2.45) is 0 Å². The van der Waals surface area contributed by atoms with Crippen molar-refractivity contribution < 1.29 is 4.74 Å². The summed E-state index contributed by atoms with van der Waals surface area (Å²) in [4.78, 5) is 0. The molecule has 0 aromatic heterocycles. The van der Waals surface area contributed by atoms with E-state index in [2.05, 4.69) is 40.3 Å². The molecular formula is C13H18BrNO. The van der Waals surface area contributed by atoms with E-state index in [9.17, 15) is 0 Å². The smallest absolute Gasteiger partial charge is 0.0543 e. The first kappa shape index (κ1) is 12.1. The first-order valence-electron chi connectivity index (χ1n) is 5.71. The minimum atomic E-state index is 0.472. The lowest BCUT2D eigenvalue weighted by molar-refractivity contribution is 0.178. The molecule has 16 heavy (non-hydrogen) atoms. The number of hydrogen-bond donors (Lipinski definition) is 1. The maximum Gasteiger partial charge on any atom is 0.0543 e. The number of halogens is 1. The molecule has 1 N–H and O–H groups in total. The predicted molar refractivity (Wildman–Crippen MR) is 70.1 cm³/mol. The van der Waals surface area contributed by atoms with Crippen molar-refractivity contribution in [2.45, 2.75) is 19.3 Å². The van der Waals surface area contributed by atoms with Crippen LogP contribution in [0, 0.1) is 6.92 Å². The fraction of sp³-hybridized carbons (Fsp3) is 0.538. The third kappa shape index (κ3) is 2.47. The summed E-state index contributed by atoms with van der Waals surface area (Å²) < 4.78 is 6.51. The Morgan fingerprint density at radius 1 is 1.50 bits per heavy atom. The van der Waals surface area contributed by atoms with Gasteiger partial charge in [-0.25, -0.2) is 0 Å². The van der Waals surface area contributed by atoms with Crippen molar-refractivity contribution in [1.29, 1.82) is 0 Å². The molecule has 0 spiro atoms. The van der Waals surface area contributed by atoms with E-state index in [1.807, 2.05) is 0 Å². The molecule has 1 aromatic carbocycles. The molecule has 1 aliphatic rings. The Bertz CT molecular complexity index is 378. The first-order chi connectivity index (χ1) is 7.72. The van der Waals surface area contributed by atoms with Gasteiger partial charge in [-0.1, -0.05) is 22.0 Å². The first-order valence-corrected chi connectivity index (χ1v) is 6.50. The summed E-state index contributed by atoms with van der Waals surface area (Å²) in [5.74, 6) is 0.472. The zero-order valence-corrected chi connectivity index (χ0v) is 11.4. The molecule has 0 radical (unpaired) electrons. The van der Waals surface area contributed by atoms with E-state index in [0.717, 1.165) is 26.1 Å². The Balaban J connectivity index is 2.39. The van der Waals surface area contributed by atoms with E-state index in [0.29, 0.717) is 5.92 Å². The topological polar surface area (TPSA) is 21.3 Å². The van der Waals surface area contributed by atoms with E-state index >= 15 is 0 Å². The van der Waals surface area contributed by atoms with Crippen LogP contribution in [0.4, 0.5) is 0 Å². The van der Waals surface area contributed by atoms with Gasteiger partial charge in [0.15, 0.2) is 0 Å². The van der Waals surface area contributed by atoms with Crippen molar-refractivity contribution in [1.82, 2.24) is 5.32 Å². The standard InChI is InChI=1S/C13H18BrNO/c1-9-5-10-3-4-15-7-11(8-16-2)12(10)6-13(9)14/h5-6,11,15H,3-4,7-8H2,1-2H3. The highest BCUT2D eigenvalue weighted by Gasteiger charge is 2.19. The summed E-state index contributed by atoms with van der Waals surface area (Å²) in [5, 5.41) is 3.47. The molecule has 0 bridgehead atoms. The maximum absolute atomic E-state index is 5.31. The van der Waals surface area contributed by atoms with Crippen LogP contribution >= 0.6 is 15.9 Å². The molecule has 1 atom stereocenters. The minimum Gasteiger partial charge on any atom is -0.384 e. The lowest BCUT2D eigenvalue weighted by Gasteiger charge is -2.17. The van der Waals surface area contributed by atoms with Gasteiger partial charge in [-0.3, -0.25) is 0 Å². The molecular weight excluding hydrogens is 266 g/mol. The van der Waals surface area contributed by atoms with Crippen LogP contribution in [-0.2, 0) is 11.2 Å². The second-order valence-corrected chi connectivity index (χ2v) is 5.26. The largest absolute Gasteiger partial charge is 0.384 e. The van der Waals surface area contributed by atoms with Gasteiger partial charge >= 0.3 is 0 Å². The fourth-order valence-electron chi connectivity index (χ4n) is 2.31. The number of aryl methyl sites for hydroxylation is 1. The third-order valence-corrected chi connectivity index (χ3v) is 4.04. The van der Waals surface area contributed by atoms with Gasteiger partial charge in [0, 0.05) is 24.0 Å². The van der Waals surface area contributed by atoms with E-state index in [4.69, 9.17) is 4.74 Å².